The van der Waals surface area contributed by atoms with Crippen LogP contribution in [-0.4, -0.2) is 43.1 Å². The number of hydrogen-bond acceptors (Lipinski definition) is 7. The summed E-state index contributed by atoms with van der Waals surface area (Å²) in [5.41, 5.74) is 2.48. The lowest BCUT2D eigenvalue weighted by Gasteiger charge is -2.32. The molecule has 0 saturated carbocycles. The number of hydrogen-bond donors (Lipinski definition) is 1. The van der Waals surface area contributed by atoms with Crippen molar-refractivity contribution in [2.75, 3.05) is 37.2 Å². The quantitative estimate of drug-likeness (QED) is 0.657. The average molecular weight is 432 g/mol. The summed E-state index contributed by atoms with van der Waals surface area (Å²) in [4.78, 5) is 15.0. The molecule has 1 amide bonds. The Kier molecular flexibility index (Phi) is 5.49. The van der Waals surface area contributed by atoms with Crippen molar-refractivity contribution in [1.29, 1.82) is 0 Å². The molecule has 32 heavy (non-hydrogen) atoms. The van der Waals surface area contributed by atoms with E-state index in [1.807, 2.05) is 48.5 Å². The Morgan fingerprint density at radius 3 is 2.69 bits per heavy atom. The smallest absolute Gasteiger partial charge is 0.231 e. The fourth-order valence-electron chi connectivity index (χ4n) is 4.03. The molecule has 0 radical (unpaired) electrons. The maximum Gasteiger partial charge on any atom is 0.231 e. The number of aromatic nitrogens is 2. The van der Waals surface area contributed by atoms with Gasteiger partial charge in [0.1, 0.15) is 5.75 Å². The second kappa shape index (κ2) is 8.74. The summed E-state index contributed by atoms with van der Waals surface area (Å²) in [6, 6.07) is 17.1. The predicted molar refractivity (Wildman–Crippen MR) is 120 cm³/mol. The Balaban J connectivity index is 1.23. The summed E-state index contributed by atoms with van der Waals surface area (Å²) in [6.45, 7) is 1.67. The molecule has 8 heteroatoms. The standard InChI is InChI=1S/C24H24N4O4/c1-30-19-7-4-16(5-8-19)20-9-11-23(27-26-20)28-12-2-3-17(14-28)24(29)25-18-6-10-21-22(13-18)32-15-31-21/h4-11,13,17H,2-3,12,14-15H2,1H3,(H,25,29). The van der Waals surface area contributed by atoms with E-state index in [1.54, 1.807) is 13.2 Å². The zero-order chi connectivity index (χ0) is 21.9. The zero-order valence-corrected chi connectivity index (χ0v) is 17.8. The van der Waals surface area contributed by atoms with Gasteiger partial charge in [0.25, 0.3) is 0 Å². The molecular weight excluding hydrogens is 408 g/mol. The van der Waals surface area contributed by atoms with E-state index in [4.69, 9.17) is 14.2 Å². The molecule has 0 spiro atoms. The number of benzene rings is 2. The van der Waals surface area contributed by atoms with Crippen LogP contribution in [0.2, 0.25) is 0 Å². The van der Waals surface area contributed by atoms with Crippen LogP contribution in [0.1, 0.15) is 12.8 Å². The van der Waals surface area contributed by atoms with Crippen molar-refractivity contribution in [2.45, 2.75) is 12.8 Å². The lowest BCUT2D eigenvalue weighted by Crippen LogP contribution is -2.41. The molecular formula is C24H24N4O4. The normalized spacial score (nSPS) is 17.2. The molecule has 1 atom stereocenters. The van der Waals surface area contributed by atoms with Gasteiger partial charge in [-0.3, -0.25) is 4.79 Å². The zero-order valence-electron chi connectivity index (χ0n) is 17.8. The Morgan fingerprint density at radius 1 is 1.06 bits per heavy atom. The van der Waals surface area contributed by atoms with E-state index in [9.17, 15) is 4.79 Å². The van der Waals surface area contributed by atoms with Crippen LogP contribution in [0.15, 0.2) is 54.6 Å². The molecule has 1 N–H and O–H groups in total. The molecule has 2 aromatic carbocycles. The largest absolute Gasteiger partial charge is 0.497 e. The van der Waals surface area contributed by atoms with Gasteiger partial charge in [0.2, 0.25) is 12.7 Å². The van der Waals surface area contributed by atoms with Crippen LogP contribution in [0.4, 0.5) is 11.5 Å². The van der Waals surface area contributed by atoms with Gasteiger partial charge < -0.3 is 24.4 Å². The van der Waals surface area contributed by atoms with Crippen molar-refractivity contribution in [1.82, 2.24) is 10.2 Å². The van der Waals surface area contributed by atoms with Gasteiger partial charge in [0.05, 0.1) is 18.7 Å². The number of nitrogens with one attached hydrogen (secondary N) is 1. The summed E-state index contributed by atoms with van der Waals surface area (Å²) in [7, 11) is 1.64. The van der Waals surface area contributed by atoms with E-state index in [-0.39, 0.29) is 18.6 Å². The molecule has 3 aromatic rings. The Labute approximate surface area is 186 Å². The maximum atomic E-state index is 12.9. The molecule has 2 aliphatic rings. The molecule has 164 valence electrons. The van der Waals surface area contributed by atoms with Gasteiger partial charge in [-0.1, -0.05) is 0 Å². The molecule has 0 bridgehead atoms. The maximum absolute atomic E-state index is 12.9. The molecule has 5 rings (SSSR count). The van der Waals surface area contributed by atoms with Crippen molar-refractivity contribution in [3.63, 3.8) is 0 Å². The number of nitrogens with zero attached hydrogens (tertiary/aromatic N) is 3. The van der Waals surface area contributed by atoms with Crippen LogP contribution in [0, 0.1) is 5.92 Å². The summed E-state index contributed by atoms with van der Waals surface area (Å²) in [6.07, 6.45) is 1.76. The minimum Gasteiger partial charge on any atom is -0.497 e. The molecule has 3 heterocycles. The van der Waals surface area contributed by atoms with Crippen LogP contribution >= 0.6 is 0 Å². The van der Waals surface area contributed by atoms with Gasteiger partial charge in [-0.25, -0.2) is 0 Å². The first-order chi connectivity index (χ1) is 15.7. The Hall–Kier alpha value is -3.81. The van der Waals surface area contributed by atoms with Crippen molar-refractivity contribution in [3.8, 4) is 28.5 Å². The highest BCUT2D eigenvalue weighted by molar-refractivity contribution is 5.93. The average Bonchev–Trinajstić information content (AvgIpc) is 3.32. The number of amides is 1. The number of anilines is 2. The van der Waals surface area contributed by atoms with Crippen LogP contribution in [0.3, 0.4) is 0 Å². The highest BCUT2D eigenvalue weighted by Gasteiger charge is 2.27. The second-order valence-electron chi connectivity index (χ2n) is 7.85. The van der Waals surface area contributed by atoms with Crippen molar-refractivity contribution in [3.05, 3.63) is 54.6 Å². The van der Waals surface area contributed by atoms with Gasteiger partial charge in [0.15, 0.2) is 17.3 Å². The third-order valence-corrected chi connectivity index (χ3v) is 5.79. The third-order valence-electron chi connectivity index (χ3n) is 5.79. The SMILES string of the molecule is COc1ccc(-c2ccc(N3CCCC(C(=O)Nc4ccc5c(c4)OCO5)C3)nn2)cc1. The van der Waals surface area contributed by atoms with Crippen LogP contribution in [0.5, 0.6) is 17.2 Å². The molecule has 1 saturated heterocycles. The molecule has 2 aliphatic heterocycles. The van der Waals surface area contributed by atoms with Gasteiger partial charge in [-0.05, 0) is 61.4 Å². The lowest BCUT2D eigenvalue weighted by atomic mass is 9.97. The first-order valence-corrected chi connectivity index (χ1v) is 10.6. The minimum absolute atomic E-state index is 0.00335. The number of rotatable bonds is 5. The van der Waals surface area contributed by atoms with E-state index in [0.29, 0.717) is 23.7 Å². The number of piperidine rings is 1. The van der Waals surface area contributed by atoms with E-state index < -0.39 is 0 Å². The third kappa shape index (κ3) is 4.16. The van der Waals surface area contributed by atoms with E-state index in [2.05, 4.69) is 20.4 Å². The summed E-state index contributed by atoms with van der Waals surface area (Å²) >= 11 is 0. The predicted octanol–water partition coefficient (Wildman–Crippen LogP) is 3.74. The van der Waals surface area contributed by atoms with Gasteiger partial charge in [-0.15, -0.1) is 10.2 Å². The monoisotopic (exact) mass is 432 g/mol. The number of methoxy groups -OCH3 is 1. The molecule has 8 nitrogen and oxygen atoms in total. The topological polar surface area (TPSA) is 85.8 Å². The molecule has 1 fully saturated rings. The number of carbonyl (C=O) groups excluding carboxylic acids is 1. The first kappa shape index (κ1) is 20.1. The molecule has 0 aliphatic carbocycles. The van der Waals surface area contributed by atoms with E-state index >= 15 is 0 Å². The van der Waals surface area contributed by atoms with Crippen molar-refractivity contribution >= 4 is 17.4 Å². The molecule has 1 aromatic heterocycles. The lowest BCUT2D eigenvalue weighted by molar-refractivity contribution is -0.120. The van der Waals surface area contributed by atoms with Gasteiger partial charge >= 0.3 is 0 Å². The van der Waals surface area contributed by atoms with E-state index in [0.717, 1.165) is 42.2 Å². The second-order valence-corrected chi connectivity index (χ2v) is 7.85. The van der Waals surface area contributed by atoms with Gasteiger partial charge in [0, 0.05) is 30.4 Å². The van der Waals surface area contributed by atoms with Crippen molar-refractivity contribution < 1.29 is 19.0 Å². The van der Waals surface area contributed by atoms with Crippen molar-refractivity contribution in [2.24, 2.45) is 5.92 Å². The Bertz CT molecular complexity index is 1100. The summed E-state index contributed by atoms with van der Waals surface area (Å²) in [5.74, 6) is 2.80. The number of ether oxygens (including phenoxy) is 3. The van der Waals surface area contributed by atoms with Crippen LogP contribution < -0.4 is 24.4 Å². The minimum atomic E-state index is -0.128. The van der Waals surface area contributed by atoms with Crippen LogP contribution in [-0.2, 0) is 4.79 Å². The molecule has 1 unspecified atom stereocenters. The Morgan fingerprint density at radius 2 is 1.91 bits per heavy atom. The highest BCUT2D eigenvalue weighted by Crippen LogP contribution is 2.34. The summed E-state index contributed by atoms with van der Waals surface area (Å²) < 4.78 is 15.9. The summed E-state index contributed by atoms with van der Waals surface area (Å²) in [5, 5.41) is 11.8. The first-order valence-electron chi connectivity index (χ1n) is 10.6. The highest BCUT2D eigenvalue weighted by atomic mass is 16.7. The van der Waals surface area contributed by atoms with E-state index in [1.165, 1.54) is 0 Å². The van der Waals surface area contributed by atoms with Crippen LogP contribution in [0.25, 0.3) is 11.3 Å². The van der Waals surface area contributed by atoms with Gasteiger partial charge in [-0.2, -0.15) is 0 Å². The number of carbonyl (C=O) groups is 1. The number of fused-ring (bicyclic) bond motifs is 1. The fourth-order valence-corrected chi connectivity index (χ4v) is 4.03. The fraction of sp³-hybridized carbons (Fsp3) is 0.292.